The van der Waals surface area contributed by atoms with Gasteiger partial charge in [-0.05, 0) is 31.1 Å². The Labute approximate surface area is 187 Å². The van der Waals surface area contributed by atoms with E-state index < -0.39 is 10.8 Å². The molecular formula is C23H28N4O5. The van der Waals surface area contributed by atoms with Crippen molar-refractivity contribution in [2.24, 2.45) is 0 Å². The molecule has 2 amide bonds. The van der Waals surface area contributed by atoms with Crippen molar-refractivity contribution in [3.63, 3.8) is 0 Å². The van der Waals surface area contributed by atoms with Gasteiger partial charge in [-0.2, -0.15) is 0 Å². The van der Waals surface area contributed by atoms with Crippen molar-refractivity contribution in [1.29, 1.82) is 0 Å². The average molecular weight is 441 g/mol. The van der Waals surface area contributed by atoms with Crippen LogP contribution in [0.3, 0.4) is 0 Å². The first-order chi connectivity index (χ1) is 15.4. The van der Waals surface area contributed by atoms with Gasteiger partial charge >= 0.3 is 0 Å². The number of hydrogen-bond acceptors (Lipinski definition) is 6. The molecule has 0 aliphatic carbocycles. The Hall–Kier alpha value is -3.46. The van der Waals surface area contributed by atoms with Crippen LogP contribution in [0.4, 0.5) is 11.4 Å². The van der Waals surface area contributed by atoms with Gasteiger partial charge in [-0.25, -0.2) is 0 Å². The van der Waals surface area contributed by atoms with Crippen LogP contribution in [0.15, 0.2) is 48.5 Å². The number of non-ortho nitro benzene ring substituents is 1. The van der Waals surface area contributed by atoms with Crippen LogP contribution >= 0.6 is 0 Å². The molecule has 2 aromatic carbocycles. The van der Waals surface area contributed by atoms with E-state index in [0.29, 0.717) is 12.3 Å². The first-order valence-electron chi connectivity index (χ1n) is 10.7. The number of hydrogen-bond donors (Lipinski definition) is 1. The molecule has 1 heterocycles. The van der Waals surface area contributed by atoms with Crippen molar-refractivity contribution in [3.8, 4) is 5.75 Å². The van der Waals surface area contributed by atoms with Gasteiger partial charge in [-0.1, -0.05) is 44.2 Å². The van der Waals surface area contributed by atoms with Crippen LogP contribution in [0.25, 0.3) is 0 Å². The molecule has 170 valence electrons. The van der Waals surface area contributed by atoms with Gasteiger partial charge in [0.2, 0.25) is 5.91 Å². The summed E-state index contributed by atoms with van der Waals surface area (Å²) in [6.45, 7) is 5.85. The average Bonchev–Trinajstić information content (AvgIpc) is 2.80. The van der Waals surface area contributed by atoms with Gasteiger partial charge in [0.25, 0.3) is 11.6 Å². The molecule has 1 aliphatic heterocycles. The quantitative estimate of drug-likeness (QED) is 0.449. The molecule has 32 heavy (non-hydrogen) atoms. The summed E-state index contributed by atoms with van der Waals surface area (Å²) < 4.78 is 5.36. The summed E-state index contributed by atoms with van der Waals surface area (Å²) in [5.41, 5.74) is 1.25. The van der Waals surface area contributed by atoms with Crippen LogP contribution in [0.2, 0.25) is 0 Å². The lowest BCUT2D eigenvalue weighted by atomic mass is 10.0. The molecule has 0 fully saturated rings. The zero-order valence-corrected chi connectivity index (χ0v) is 18.3. The lowest BCUT2D eigenvalue weighted by molar-refractivity contribution is -0.384. The smallest absolute Gasteiger partial charge is 0.271 e. The summed E-state index contributed by atoms with van der Waals surface area (Å²) in [6, 6.07) is 14.2. The number of carbonyl (C=O) groups is 2. The Kier molecular flexibility index (Phi) is 7.77. The third-order valence-corrected chi connectivity index (χ3v) is 5.58. The summed E-state index contributed by atoms with van der Waals surface area (Å²) in [7, 11) is 0. The molecule has 9 nitrogen and oxygen atoms in total. The van der Waals surface area contributed by atoms with Crippen molar-refractivity contribution in [3.05, 3.63) is 64.2 Å². The Balaban J connectivity index is 1.69. The highest BCUT2D eigenvalue weighted by Crippen LogP contribution is 2.35. The van der Waals surface area contributed by atoms with E-state index in [4.69, 9.17) is 4.74 Å². The van der Waals surface area contributed by atoms with E-state index >= 15 is 0 Å². The predicted molar refractivity (Wildman–Crippen MR) is 121 cm³/mol. The summed E-state index contributed by atoms with van der Waals surface area (Å²) >= 11 is 0. The second kappa shape index (κ2) is 10.7. The fourth-order valence-corrected chi connectivity index (χ4v) is 3.87. The highest BCUT2D eigenvalue weighted by atomic mass is 16.6. The number of carbonyl (C=O) groups excluding carboxylic acids is 2. The number of nitrogens with one attached hydrogen (secondary N) is 1. The molecule has 1 atom stereocenters. The first kappa shape index (κ1) is 23.2. The van der Waals surface area contributed by atoms with E-state index in [-0.39, 0.29) is 36.5 Å². The lowest BCUT2D eigenvalue weighted by Gasteiger charge is -2.31. The second-order valence-corrected chi connectivity index (χ2v) is 7.55. The summed E-state index contributed by atoms with van der Waals surface area (Å²) in [5.74, 6) is -0.409. The van der Waals surface area contributed by atoms with Gasteiger partial charge in [-0.15, -0.1) is 0 Å². The molecule has 0 aromatic heterocycles. The SMILES string of the molecule is CCN(CC)C(CNC(=O)CN1C(=O)COc2ccc([N+](=O)[O-])cc21)Cc1ccccc1. The topological polar surface area (TPSA) is 105 Å². The number of amides is 2. The monoisotopic (exact) mass is 440 g/mol. The van der Waals surface area contributed by atoms with Crippen LogP contribution in [-0.2, 0) is 16.0 Å². The molecule has 0 saturated heterocycles. The lowest BCUT2D eigenvalue weighted by Crippen LogP contribution is -2.49. The van der Waals surface area contributed by atoms with E-state index in [0.717, 1.165) is 19.5 Å². The van der Waals surface area contributed by atoms with Crippen molar-refractivity contribution >= 4 is 23.2 Å². The summed E-state index contributed by atoms with van der Waals surface area (Å²) in [6.07, 6.45) is 0.786. The van der Waals surface area contributed by atoms with Gasteiger partial charge in [0.1, 0.15) is 12.3 Å². The second-order valence-electron chi connectivity index (χ2n) is 7.55. The molecule has 0 saturated carbocycles. The Morgan fingerprint density at radius 1 is 1.22 bits per heavy atom. The normalized spacial score (nSPS) is 14.0. The van der Waals surface area contributed by atoms with E-state index in [2.05, 4.69) is 36.2 Å². The van der Waals surface area contributed by atoms with E-state index in [1.807, 2.05) is 18.2 Å². The number of benzene rings is 2. The molecule has 2 aromatic rings. The number of nitrogens with zero attached hydrogens (tertiary/aromatic N) is 3. The summed E-state index contributed by atoms with van der Waals surface area (Å²) in [4.78, 5) is 39.2. The number of nitro groups is 1. The van der Waals surface area contributed by atoms with Crippen LogP contribution in [0, 0.1) is 10.1 Å². The van der Waals surface area contributed by atoms with Crippen LogP contribution in [0.5, 0.6) is 5.75 Å². The highest BCUT2D eigenvalue weighted by Gasteiger charge is 2.29. The van der Waals surface area contributed by atoms with Crippen molar-refractivity contribution in [2.75, 3.05) is 37.7 Å². The van der Waals surface area contributed by atoms with E-state index in [1.165, 1.54) is 28.7 Å². The minimum atomic E-state index is -0.546. The maximum atomic E-state index is 12.7. The van der Waals surface area contributed by atoms with Crippen molar-refractivity contribution < 1.29 is 19.2 Å². The maximum absolute atomic E-state index is 12.7. The molecule has 0 spiro atoms. The van der Waals surface area contributed by atoms with Gasteiger partial charge in [0, 0.05) is 24.7 Å². The third kappa shape index (κ3) is 5.61. The molecular weight excluding hydrogens is 412 g/mol. The number of nitro benzene ring substituents is 1. The van der Waals surface area contributed by atoms with Crippen LogP contribution in [0.1, 0.15) is 19.4 Å². The molecule has 0 radical (unpaired) electrons. The fourth-order valence-electron chi connectivity index (χ4n) is 3.87. The van der Waals surface area contributed by atoms with E-state index in [9.17, 15) is 19.7 Å². The third-order valence-electron chi connectivity index (χ3n) is 5.58. The molecule has 0 bridgehead atoms. The summed E-state index contributed by atoms with van der Waals surface area (Å²) in [5, 5.41) is 14.1. The minimum absolute atomic E-state index is 0.102. The first-order valence-corrected chi connectivity index (χ1v) is 10.7. The number of fused-ring (bicyclic) bond motifs is 1. The Bertz CT molecular complexity index is 962. The van der Waals surface area contributed by atoms with Gasteiger partial charge < -0.3 is 10.1 Å². The van der Waals surface area contributed by atoms with Gasteiger partial charge in [0.05, 0.1) is 10.6 Å². The van der Waals surface area contributed by atoms with Crippen LogP contribution < -0.4 is 15.0 Å². The minimum Gasteiger partial charge on any atom is -0.482 e. The Morgan fingerprint density at radius 3 is 2.59 bits per heavy atom. The molecule has 9 heteroatoms. The molecule has 3 rings (SSSR count). The maximum Gasteiger partial charge on any atom is 0.271 e. The van der Waals surface area contributed by atoms with Gasteiger partial charge in [0.15, 0.2) is 6.61 Å². The number of anilines is 1. The number of likely N-dealkylation sites (N-methyl/N-ethyl adjacent to an activating group) is 1. The van der Waals surface area contributed by atoms with E-state index in [1.54, 1.807) is 0 Å². The number of ether oxygens (including phenoxy) is 1. The van der Waals surface area contributed by atoms with Crippen molar-refractivity contribution in [2.45, 2.75) is 26.3 Å². The fraction of sp³-hybridized carbons (Fsp3) is 0.391. The largest absolute Gasteiger partial charge is 0.482 e. The van der Waals surface area contributed by atoms with Crippen LogP contribution in [-0.4, -0.2) is 60.5 Å². The van der Waals surface area contributed by atoms with Gasteiger partial charge in [-0.3, -0.25) is 29.5 Å². The standard InChI is InChI=1S/C23H28N4O5/c1-3-25(4-2)19(12-17-8-6-5-7-9-17)14-24-22(28)15-26-20-13-18(27(30)31)10-11-21(20)32-16-23(26)29/h5-11,13,19H,3-4,12,14-16H2,1-2H3,(H,24,28). The number of rotatable bonds is 10. The Morgan fingerprint density at radius 2 is 1.94 bits per heavy atom. The zero-order chi connectivity index (χ0) is 23.1. The molecule has 1 aliphatic rings. The zero-order valence-electron chi connectivity index (χ0n) is 18.3. The van der Waals surface area contributed by atoms with Crippen molar-refractivity contribution in [1.82, 2.24) is 10.2 Å². The highest BCUT2D eigenvalue weighted by molar-refractivity contribution is 6.02. The molecule has 1 unspecified atom stereocenters. The molecule has 1 N–H and O–H groups in total. The predicted octanol–water partition coefficient (Wildman–Crippen LogP) is 2.39.